The van der Waals surface area contributed by atoms with Crippen LogP contribution in [-0.4, -0.2) is 54.6 Å². The molecule has 0 saturated carbocycles. The van der Waals surface area contributed by atoms with Gasteiger partial charge in [-0.2, -0.15) is 0 Å². The first-order chi connectivity index (χ1) is 10.0. The zero-order valence-electron chi connectivity index (χ0n) is 14.0. The van der Waals surface area contributed by atoms with Crippen LogP contribution in [0.1, 0.15) is 31.7 Å². The van der Waals surface area contributed by atoms with E-state index in [-0.39, 0.29) is 0 Å². The number of aromatic nitrogens is 1. The number of hydrogen-bond acceptors (Lipinski definition) is 4. The summed E-state index contributed by atoms with van der Waals surface area (Å²) in [5, 5.41) is 3.42. The normalized spacial score (nSPS) is 19.8. The third-order valence-electron chi connectivity index (χ3n) is 4.05. The second-order valence-electron chi connectivity index (χ2n) is 6.77. The minimum absolute atomic E-state index is 0.498. The minimum atomic E-state index is 0.498. The topological polar surface area (TPSA) is 31.4 Å². The van der Waals surface area contributed by atoms with Crippen LogP contribution < -0.4 is 5.32 Å². The molecule has 1 aliphatic heterocycles. The van der Waals surface area contributed by atoms with E-state index < -0.39 is 0 Å². The summed E-state index contributed by atoms with van der Waals surface area (Å²) in [5.74, 6) is 0.811. The molecule has 0 spiro atoms. The van der Waals surface area contributed by atoms with Gasteiger partial charge < -0.3 is 15.1 Å². The maximum Gasteiger partial charge on any atom is 0.0547 e. The van der Waals surface area contributed by atoms with Crippen LogP contribution in [0.3, 0.4) is 0 Å². The van der Waals surface area contributed by atoms with Crippen molar-refractivity contribution in [1.82, 2.24) is 20.1 Å². The predicted molar refractivity (Wildman–Crippen MR) is 88.2 cm³/mol. The van der Waals surface area contributed by atoms with E-state index in [0.29, 0.717) is 6.04 Å². The summed E-state index contributed by atoms with van der Waals surface area (Å²) in [6, 6.07) is 6.86. The van der Waals surface area contributed by atoms with E-state index in [1.807, 2.05) is 0 Å². The molecule has 2 heterocycles. The smallest absolute Gasteiger partial charge is 0.0547 e. The van der Waals surface area contributed by atoms with Gasteiger partial charge in [0.1, 0.15) is 0 Å². The van der Waals surface area contributed by atoms with Crippen molar-refractivity contribution >= 4 is 0 Å². The molecule has 0 bridgehead atoms. The highest BCUT2D eigenvalue weighted by atomic mass is 15.2. The fourth-order valence-corrected chi connectivity index (χ4v) is 2.98. The summed E-state index contributed by atoms with van der Waals surface area (Å²) in [6.45, 7) is 9.76. The van der Waals surface area contributed by atoms with E-state index in [9.17, 15) is 0 Å². The highest BCUT2D eigenvalue weighted by Gasteiger charge is 2.20. The molecule has 1 unspecified atom stereocenters. The van der Waals surface area contributed by atoms with Gasteiger partial charge in [-0.1, -0.05) is 19.9 Å². The van der Waals surface area contributed by atoms with Gasteiger partial charge in [-0.05, 0) is 45.1 Å². The van der Waals surface area contributed by atoms with Gasteiger partial charge in [-0.25, -0.2) is 0 Å². The molecular weight excluding hydrogens is 260 g/mol. The lowest BCUT2D eigenvalue weighted by atomic mass is 10.1. The second-order valence-corrected chi connectivity index (χ2v) is 6.77. The molecule has 0 aromatic carbocycles. The molecule has 0 amide bonds. The number of hydrogen-bond donors (Lipinski definition) is 1. The fraction of sp³-hybridized carbons (Fsp3) is 0.706. The van der Waals surface area contributed by atoms with Crippen LogP contribution in [0.4, 0.5) is 0 Å². The van der Waals surface area contributed by atoms with Gasteiger partial charge in [-0.15, -0.1) is 0 Å². The Balaban J connectivity index is 1.82. The summed E-state index contributed by atoms with van der Waals surface area (Å²) in [5.41, 5.74) is 2.31. The van der Waals surface area contributed by atoms with Crippen LogP contribution in [0.15, 0.2) is 18.2 Å². The van der Waals surface area contributed by atoms with E-state index in [1.54, 1.807) is 0 Å². The van der Waals surface area contributed by atoms with Crippen LogP contribution in [0.5, 0.6) is 0 Å². The second kappa shape index (κ2) is 7.87. The van der Waals surface area contributed by atoms with E-state index in [1.165, 1.54) is 31.7 Å². The van der Waals surface area contributed by atoms with Crippen LogP contribution in [0.25, 0.3) is 0 Å². The first-order valence-electron chi connectivity index (χ1n) is 8.08. The standard InChI is InChI=1S/C17H30N4/c1-14(2)18-10-16-6-5-7-17(19-16)13-21(4)12-15-8-9-20(3)11-15/h5-7,14-15,18H,8-13H2,1-4H3. The average Bonchev–Trinajstić information content (AvgIpc) is 2.82. The van der Waals surface area contributed by atoms with Gasteiger partial charge >= 0.3 is 0 Å². The van der Waals surface area contributed by atoms with Crippen molar-refractivity contribution in [1.29, 1.82) is 0 Å². The number of pyridine rings is 1. The molecule has 1 atom stereocenters. The van der Waals surface area contributed by atoms with Gasteiger partial charge in [0.25, 0.3) is 0 Å². The van der Waals surface area contributed by atoms with E-state index in [2.05, 4.69) is 61.3 Å². The van der Waals surface area contributed by atoms with Gasteiger partial charge in [0.2, 0.25) is 0 Å². The Kier molecular flexibility index (Phi) is 6.15. The average molecular weight is 290 g/mol. The Hall–Kier alpha value is -0.970. The number of likely N-dealkylation sites (tertiary alicyclic amines) is 1. The molecule has 0 radical (unpaired) electrons. The third kappa shape index (κ3) is 5.73. The van der Waals surface area contributed by atoms with Gasteiger partial charge in [0, 0.05) is 32.2 Å². The highest BCUT2D eigenvalue weighted by molar-refractivity contribution is 5.11. The first-order valence-corrected chi connectivity index (χ1v) is 8.08. The number of rotatable bonds is 7. The maximum absolute atomic E-state index is 4.76. The van der Waals surface area contributed by atoms with Crippen LogP contribution in [0.2, 0.25) is 0 Å². The Labute approximate surface area is 129 Å². The summed E-state index contributed by atoms with van der Waals surface area (Å²) >= 11 is 0. The zero-order valence-corrected chi connectivity index (χ0v) is 14.0. The largest absolute Gasteiger partial charge is 0.309 e. The molecule has 2 rings (SSSR count). The molecule has 4 nitrogen and oxygen atoms in total. The van der Waals surface area contributed by atoms with Gasteiger partial charge in [0.15, 0.2) is 0 Å². The summed E-state index contributed by atoms with van der Waals surface area (Å²) in [7, 11) is 4.42. The quantitative estimate of drug-likeness (QED) is 0.832. The van der Waals surface area contributed by atoms with Crippen molar-refractivity contribution in [2.75, 3.05) is 33.7 Å². The Morgan fingerprint density at radius 2 is 2.14 bits per heavy atom. The summed E-state index contributed by atoms with van der Waals surface area (Å²) in [4.78, 5) is 9.59. The van der Waals surface area contributed by atoms with Crippen molar-refractivity contribution in [2.45, 2.75) is 39.4 Å². The molecule has 1 fully saturated rings. The molecule has 1 saturated heterocycles. The van der Waals surface area contributed by atoms with Crippen LogP contribution in [0, 0.1) is 5.92 Å². The van der Waals surface area contributed by atoms with Gasteiger partial charge in [0.05, 0.1) is 11.4 Å². The van der Waals surface area contributed by atoms with E-state index in [4.69, 9.17) is 4.98 Å². The molecule has 1 aromatic rings. The number of nitrogens with one attached hydrogen (secondary N) is 1. The third-order valence-corrected chi connectivity index (χ3v) is 4.05. The van der Waals surface area contributed by atoms with Crippen LogP contribution in [-0.2, 0) is 13.1 Å². The van der Waals surface area contributed by atoms with Crippen molar-refractivity contribution in [2.24, 2.45) is 5.92 Å². The molecule has 1 aliphatic rings. The molecule has 118 valence electrons. The molecule has 1 aromatic heterocycles. The van der Waals surface area contributed by atoms with Crippen LogP contribution >= 0.6 is 0 Å². The molecule has 4 heteroatoms. The monoisotopic (exact) mass is 290 g/mol. The predicted octanol–water partition coefficient (Wildman–Crippen LogP) is 1.96. The molecule has 1 N–H and O–H groups in total. The number of nitrogens with zero attached hydrogens (tertiary/aromatic N) is 3. The Morgan fingerprint density at radius 3 is 2.81 bits per heavy atom. The Bertz CT molecular complexity index is 433. The molecular formula is C17H30N4. The lowest BCUT2D eigenvalue weighted by Crippen LogP contribution is -2.27. The highest BCUT2D eigenvalue weighted by Crippen LogP contribution is 2.16. The zero-order chi connectivity index (χ0) is 15.2. The van der Waals surface area contributed by atoms with Gasteiger partial charge in [-0.3, -0.25) is 4.98 Å². The van der Waals surface area contributed by atoms with Crippen molar-refractivity contribution < 1.29 is 0 Å². The van der Waals surface area contributed by atoms with Crippen molar-refractivity contribution in [3.63, 3.8) is 0 Å². The summed E-state index contributed by atoms with van der Waals surface area (Å²) < 4.78 is 0. The maximum atomic E-state index is 4.76. The molecule has 21 heavy (non-hydrogen) atoms. The van der Waals surface area contributed by atoms with E-state index in [0.717, 1.165) is 24.7 Å². The molecule has 0 aliphatic carbocycles. The first kappa shape index (κ1) is 16.4. The lowest BCUT2D eigenvalue weighted by molar-refractivity contribution is 0.264. The fourth-order valence-electron chi connectivity index (χ4n) is 2.98. The SMILES string of the molecule is CC(C)NCc1cccc(CN(C)CC2CCN(C)C2)n1. The summed E-state index contributed by atoms with van der Waals surface area (Å²) in [6.07, 6.45) is 1.33. The lowest BCUT2D eigenvalue weighted by Gasteiger charge is -2.20. The van der Waals surface area contributed by atoms with Crippen molar-refractivity contribution in [3.05, 3.63) is 29.6 Å². The van der Waals surface area contributed by atoms with E-state index >= 15 is 0 Å². The van der Waals surface area contributed by atoms with Crippen molar-refractivity contribution in [3.8, 4) is 0 Å². The minimum Gasteiger partial charge on any atom is -0.309 e. The Morgan fingerprint density at radius 1 is 1.38 bits per heavy atom.